The number of anilines is 1. The van der Waals surface area contributed by atoms with Crippen LogP contribution in [-0.2, 0) is 11.3 Å². The number of aryl methyl sites for hydroxylation is 1. The van der Waals surface area contributed by atoms with Gasteiger partial charge in [0.15, 0.2) is 16.7 Å². The number of nitrogens with zero attached hydrogens (tertiary/aromatic N) is 4. The van der Waals surface area contributed by atoms with Gasteiger partial charge in [0.05, 0.1) is 16.2 Å². The molecule has 2 aromatic heterocycles. The highest BCUT2D eigenvalue weighted by molar-refractivity contribution is 8.00. The van der Waals surface area contributed by atoms with E-state index in [0.29, 0.717) is 59.2 Å². The molecule has 1 amide bonds. The van der Waals surface area contributed by atoms with Crippen LogP contribution in [0.2, 0.25) is 0 Å². The third-order valence-electron chi connectivity index (χ3n) is 5.87. The van der Waals surface area contributed by atoms with E-state index < -0.39 is 5.25 Å². The van der Waals surface area contributed by atoms with Crippen LogP contribution in [0.3, 0.4) is 0 Å². The number of ether oxygens (including phenoxy) is 2. The fourth-order valence-corrected chi connectivity index (χ4v) is 4.83. The number of carbonyl (C=O) groups is 1. The number of amides is 1. The summed E-state index contributed by atoms with van der Waals surface area (Å²) in [4.78, 5) is 26.2. The maximum Gasteiger partial charge on any atom is 0.262 e. The average molecular weight is 494 g/mol. The quantitative estimate of drug-likeness (QED) is 0.389. The van der Waals surface area contributed by atoms with Crippen LogP contribution in [0.15, 0.2) is 52.4 Å². The van der Waals surface area contributed by atoms with Gasteiger partial charge in [-0.25, -0.2) is 0 Å². The van der Waals surface area contributed by atoms with Crippen molar-refractivity contribution in [3.05, 3.63) is 52.8 Å². The van der Waals surface area contributed by atoms with Crippen LogP contribution in [0.1, 0.15) is 27.2 Å². The summed E-state index contributed by atoms with van der Waals surface area (Å²) in [5, 5.41) is 12.3. The lowest BCUT2D eigenvalue weighted by Gasteiger charge is -2.19. The van der Waals surface area contributed by atoms with Gasteiger partial charge in [-0.1, -0.05) is 37.7 Å². The fraction of sp³-hybridized carbons (Fsp3) is 0.360. The molecule has 0 saturated carbocycles. The summed E-state index contributed by atoms with van der Waals surface area (Å²) in [6.07, 6.45) is 0.845. The summed E-state index contributed by atoms with van der Waals surface area (Å²) >= 11 is 1.30. The molecule has 0 saturated heterocycles. The van der Waals surface area contributed by atoms with Crippen molar-refractivity contribution < 1.29 is 14.3 Å². The minimum atomic E-state index is -0.467. The number of aromatic nitrogens is 4. The number of nitrogens with one attached hydrogen (secondary N) is 1. The Morgan fingerprint density at radius 3 is 2.66 bits per heavy atom. The highest BCUT2D eigenvalue weighted by Gasteiger charge is 2.22. The number of fused-ring (bicyclic) bond motifs is 4. The predicted molar refractivity (Wildman–Crippen MR) is 136 cm³/mol. The SMILES string of the molecule is CC(C)CCn1c(=O)c2ccccc2n2c(SC(C)C(=O)Nc3ccc4c(c3)OCCO4)nnc12. The number of para-hydroxylation sites is 1. The zero-order valence-electron chi connectivity index (χ0n) is 19.9. The molecule has 35 heavy (non-hydrogen) atoms. The largest absolute Gasteiger partial charge is 0.486 e. The average Bonchev–Trinajstić information content (AvgIpc) is 3.27. The summed E-state index contributed by atoms with van der Waals surface area (Å²) in [6, 6.07) is 12.8. The number of hydrogen-bond acceptors (Lipinski definition) is 7. The van der Waals surface area contributed by atoms with Crippen LogP contribution in [0, 0.1) is 5.92 Å². The first kappa shape index (κ1) is 23.2. The smallest absolute Gasteiger partial charge is 0.262 e. The Morgan fingerprint density at radius 2 is 1.86 bits per heavy atom. The molecule has 1 N–H and O–H groups in total. The van der Waals surface area contributed by atoms with Gasteiger partial charge in [-0.3, -0.25) is 18.6 Å². The van der Waals surface area contributed by atoms with E-state index in [-0.39, 0.29) is 11.5 Å². The van der Waals surface area contributed by atoms with Crippen molar-refractivity contribution in [2.24, 2.45) is 5.92 Å². The van der Waals surface area contributed by atoms with Crippen molar-refractivity contribution in [2.45, 2.75) is 44.1 Å². The van der Waals surface area contributed by atoms with Gasteiger partial charge in [-0.05, 0) is 43.5 Å². The highest BCUT2D eigenvalue weighted by Crippen LogP contribution is 2.33. The van der Waals surface area contributed by atoms with Gasteiger partial charge < -0.3 is 14.8 Å². The van der Waals surface area contributed by atoms with Gasteiger partial charge in [-0.2, -0.15) is 0 Å². The molecule has 3 heterocycles. The third-order valence-corrected chi connectivity index (χ3v) is 6.91. The minimum Gasteiger partial charge on any atom is -0.486 e. The van der Waals surface area contributed by atoms with Crippen molar-refractivity contribution in [1.29, 1.82) is 0 Å². The lowest BCUT2D eigenvalue weighted by molar-refractivity contribution is -0.115. The van der Waals surface area contributed by atoms with E-state index in [2.05, 4.69) is 29.4 Å². The minimum absolute atomic E-state index is 0.0814. The molecule has 0 fully saturated rings. The Morgan fingerprint density at radius 1 is 1.09 bits per heavy atom. The summed E-state index contributed by atoms with van der Waals surface area (Å²) in [5.74, 6) is 2.03. The molecule has 1 unspecified atom stereocenters. The van der Waals surface area contributed by atoms with E-state index in [1.54, 1.807) is 22.8 Å². The van der Waals surface area contributed by atoms with E-state index in [1.807, 2.05) is 35.6 Å². The lowest BCUT2D eigenvalue weighted by Crippen LogP contribution is -2.25. The molecule has 0 radical (unpaired) electrons. The Balaban J connectivity index is 1.44. The number of benzene rings is 2. The lowest BCUT2D eigenvalue weighted by atomic mass is 10.1. The first-order chi connectivity index (χ1) is 16.9. The zero-order valence-corrected chi connectivity index (χ0v) is 20.7. The Kier molecular flexibility index (Phi) is 6.38. The molecule has 1 atom stereocenters. The summed E-state index contributed by atoms with van der Waals surface area (Å²) in [5.41, 5.74) is 1.27. The van der Waals surface area contributed by atoms with Crippen LogP contribution in [0.5, 0.6) is 11.5 Å². The molecular weight excluding hydrogens is 466 g/mol. The van der Waals surface area contributed by atoms with Crippen molar-refractivity contribution in [3.63, 3.8) is 0 Å². The van der Waals surface area contributed by atoms with E-state index in [0.717, 1.165) is 11.9 Å². The fourth-order valence-electron chi connectivity index (χ4n) is 3.98. The van der Waals surface area contributed by atoms with Crippen LogP contribution in [-0.4, -0.2) is 43.5 Å². The van der Waals surface area contributed by atoms with Gasteiger partial charge >= 0.3 is 0 Å². The van der Waals surface area contributed by atoms with E-state index >= 15 is 0 Å². The number of thioether (sulfide) groups is 1. The second-order valence-electron chi connectivity index (χ2n) is 8.88. The Hall–Kier alpha value is -3.53. The number of carbonyl (C=O) groups excluding carboxylic acids is 1. The van der Waals surface area contributed by atoms with Gasteiger partial charge in [0, 0.05) is 18.3 Å². The van der Waals surface area contributed by atoms with Crippen LogP contribution >= 0.6 is 11.8 Å². The van der Waals surface area contributed by atoms with Crippen molar-refractivity contribution in [2.75, 3.05) is 18.5 Å². The maximum absolute atomic E-state index is 13.2. The molecule has 5 rings (SSSR count). The third kappa shape index (κ3) is 4.58. The van der Waals surface area contributed by atoms with Gasteiger partial charge in [-0.15, -0.1) is 10.2 Å². The summed E-state index contributed by atoms with van der Waals surface area (Å²) in [7, 11) is 0. The van der Waals surface area contributed by atoms with E-state index in [9.17, 15) is 9.59 Å². The molecule has 1 aliphatic heterocycles. The predicted octanol–water partition coefficient (Wildman–Crippen LogP) is 3.98. The monoisotopic (exact) mass is 493 g/mol. The van der Waals surface area contributed by atoms with Crippen LogP contribution in [0.25, 0.3) is 16.7 Å². The van der Waals surface area contributed by atoms with Crippen molar-refractivity contribution >= 4 is 40.0 Å². The summed E-state index contributed by atoms with van der Waals surface area (Å²) in [6.45, 7) is 7.60. The number of hydrogen-bond donors (Lipinski definition) is 1. The summed E-state index contributed by atoms with van der Waals surface area (Å²) < 4.78 is 14.7. The van der Waals surface area contributed by atoms with Gasteiger partial charge in [0.25, 0.3) is 5.56 Å². The van der Waals surface area contributed by atoms with Crippen LogP contribution < -0.4 is 20.3 Å². The van der Waals surface area contributed by atoms with Crippen molar-refractivity contribution in [3.8, 4) is 11.5 Å². The van der Waals surface area contributed by atoms with Crippen molar-refractivity contribution in [1.82, 2.24) is 19.2 Å². The standard InChI is InChI=1S/C25H27N5O4S/c1-15(2)10-11-29-23(32)18-6-4-5-7-19(18)30-24(29)27-28-25(30)35-16(3)22(31)26-17-8-9-20-21(14-17)34-13-12-33-20/h4-9,14-16H,10-13H2,1-3H3,(H,26,31). The maximum atomic E-state index is 13.2. The molecule has 1 aliphatic rings. The van der Waals surface area contributed by atoms with Gasteiger partial charge in [0.2, 0.25) is 11.7 Å². The topological polar surface area (TPSA) is 99.8 Å². The molecule has 9 nitrogen and oxygen atoms in total. The normalized spacial score (nSPS) is 13.9. The molecule has 10 heteroatoms. The molecule has 2 aromatic carbocycles. The zero-order chi connectivity index (χ0) is 24.5. The molecule has 0 bridgehead atoms. The van der Waals surface area contributed by atoms with Crippen LogP contribution in [0.4, 0.5) is 5.69 Å². The molecule has 0 aliphatic carbocycles. The number of rotatable bonds is 7. The van der Waals surface area contributed by atoms with E-state index in [1.165, 1.54) is 11.8 Å². The van der Waals surface area contributed by atoms with Gasteiger partial charge in [0.1, 0.15) is 13.2 Å². The van der Waals surface area contributed by atoms with E-state index in [4.69, 9.17) is 9.47 Å². The first-order valence-corrected chi connectivity index (χ1v) is 12.5. The Labute approximate surface area is 206 Å². The molecule has 0 spiro atoms. The Bertz CT molecular complexity index is 1460. The first-order valence-electron chi connectivity index (χ1n) is 11.7. The molecule has 4 aromatic rings. The second kappa shape index (κ2) is 9.61. The molecular formula is C25H27N5O4S. The highest BCUT2D eigenvalue weighted by atomic mass is 32.2. The second-order valence-corrected chi connectivity index (χ2v) is 10.2. The molecule has 182 valence electrons.